The van der Waals surface area contributed by atoms with Crippen LogP contribution in [0.25, 0.3) is 0 Å². The van der Waals surface area contributed by atoms with Gasteiger partial charge in [-0.15, -0.1) is 0 Å². The lowest BCUT2D eigenvalue weighted by molar-refractivity contribution is -0.130. The minimum absolute atomic E-state index is 0.0932. The van der Waals surface area contributed by atoms with Crippen LogP contribution in [0.15, 0.2) is 0 Å². The van der Waals surface area contributed by atoms with E-state index >= 15 is 0 Å². The van der Waals surface area contributed by atoms with Crippen molar-refractivity contribution in [2.24, 2.45) is 5.73 Å². The van der Waals surface area contributed by atoms with Crippen LogP contribution >= 0.6 is 0 Å². The maximum atomic E-state index is 12.4. The van der Waals surface area contributed by atoms with E-state index in [9.17, 15) is 4.79 Å². The summed E-state index contributed by atoms with van der Waals surface area (Å²) >= 11 is 0. The van der Waals surface area contributed by atoms with E-state index < -0.39 is 5.54 Å². The number of carbonyl (C=O) groups is 1. The lowest BCUT2D eigenvalue weighted by Crippen LogP contribution is -2.63. The summed E-state index contributed by atoms with van der Waals surface area (Å²) in [6.45, 7) is 3.23. The quantitative estimate of drug-likeness (QED) is 0.835. The zero-order valence-electron chi connectivity index (χ0n) is 13.3. The molecule has 0 aromatic heterocycles. The third-order valence-corrected chi connectivity index (χ3v) is 6.09. The van der Waals surface area contributed by atoms with Gasteiger partial charge in [-0.2, -0.15) is 0 Å². The van der Waals surface area contributed by atoms with Crippen LogP contribution in [0.5, 0.6) is 0 Å². The molecule has 3 aliphatic rings. The molecule has 0 radical (unpaired) electrons. The van der Waals surface area contributed by atoms with Gasteiger partial charge >= 0.3 is 0 Å². The second kappa shape index (κ2) is 6.25. The topological polar surface area (TPSA) is 58.4 Å². The molecule has 21 heavy (non-hydrogen) atoms. The van der Waals surface area contributed by atoms with Crippen molar-refractivity contribution in [2.75, 3.05) is 19.6 Å². The number of likely N-dealkylation sites (tertiary alicyclic amines) is 1. The van der Waals surface area contributed by atoms with Crippen molar-refractivity contribution in [1.82, 2.24) is 10.2 Å². The molecule has 4 heteroatoms. The molecule has 0 aromatic carbocycles. The standard InChI is InChI=1S/C17H31N3O/c18-17(10-7-11-17)15(21)19-14-16(8-3-1-4-9-16)20-12-5-2-6-13-20/h1-14,18H2,(H,19,21). The van der Waals surface area contributed by atoms with Crippen LogP contribution in [0.1, 0.15) is 70.6 Å². The highest BCUT2D eigenvalue weighted by molar-refractivity contribution is 5.87. The largest absolute Gasteiger partial charge is 0.353 e. The fourth-order valence-electron chi connectivity index (χ4n) is 4.39. The number of piperidine rings is 1. The van der Waals surface area contributed by atoms with Crippen LogP contribution in [-0.2, 0) is 4.79 Å². The van der Waals surface area contributed by atoms with E-state index in [1.54, 1.807) is 0 Å². The maximum Gasteiger partial charge on any atom is 0.240 e. The van der Waals surface area contributed by atoms with E-state index in [2.05, 4.69) is 10.2 Å². The molecule has 1 amide bonds. The van der Waals surface area contributed by atoms with Gasteiger partial charge in [0, 0.05) is 12.1 Å². The highest BCUT2D eigenvalue weighted by atomic mass is 16.2. The van der Waals surface area contributed by atoms with Gasteiger partial charge in [0.15, 0.2) is 0 Å². The van der Waals surface area contributed by atoms with Crippen LogP contribution in [0, 0.1) is 0 Å². The Morgan fingerprint density at radius 2 is 1.52 bits per heavy atom. The molecule has 2 saturated carbocycles. The smallest absolute Gasteiger partial charge is 0.240 e. The van der Waals surface area contributed by atoms with Gasteiger partial charge in [-0.1, -0.05) is 25.7 Å². The Labute approximate surface area is 128 Å². The molecule has 0 unspecified atom stereocenters. The third kappa shape index (κ3) is 3.11. The average molecular weight is 293 g/mol. The van der Waals surface area contributed by atoms with Gasteiger partial charge < -0.3 is 11.1 Å². The van der Waals surface area contributed by atoms with E-state index in [1.807, 2.05) is 0 Å². The fourth-order valence-corrected chi connectivity index (χ4v) is 4.39. The molecular weight excluding hydrogens is 262 g/mol. The Morgan fingerprint density at radius 1 is 0.905 bits per heavy atom. The van der Waals surface area contributed by atoms with Gasteiger partial charge in [0.1, 0.15) is 0 Å². The van der Waals surface area contributed by atoms with Crippen molar-refractivity contribution in [3.63, 3.8) is 0 Å². The summed E-state index contributed by atoms with van der Waals surface area (Å²) in [5, 5.41) is 3.23. The molecule has 0 aromatic rings. The summed E-state index contributed by atoms with van der Waals surface area (Å²) in [6.07, 6.45) is 13.3. The first-order chi connectivity index (χ1) is 10.1. The van der Waals surface area contributed by atoms with E-state index in [0.717, 1.165) is 25.8 Å². The summed E-state index contributed by atoms with van der Waals surface area (Å²) in [5.74, 6) is 0.0932. The van der Waals surface area contributed by atoms with Crippen LogP contribution in [-0.4, -0.2) is 41.5 Å². The van der Waals surface area contributed by atoms with Gasteiger partial charge in [0.25, 0.3) is 0 Å². The van der Waals surface area contributed by atoms with Gasteiger partial charge in [-0.05, 0) is 58.0 Å². The number of hydrogen-bond donors (Lipinski definition) is 2. The summed E-state index contributed by atoms with van der Waals surface area (Å²) in [7, 11) is 0. The number of nitrogens with two attached hydrogens (primary N) is 1. The van der Waals surface area contributed by atoms with Crippen molar-refractivity contribution in [1.29, 1.82) is 0 Å². The summed E-state index contributed by atoms with van der Waals surface area (Å²) < 4.78 is 0. The lowest BCUT2D eigenvalue weighted by Gasteiger charge is -2.49. The van der Waals surface area contributed by atoms with E-state index in [-0.39, 0.29) is 11.4 Å². The molecular formula is C17H31N3O. The van der Waals surface area contributed by atoms with Crippen molar-refractivity contribution in [3.05, 3.63) is 0 Å². The third-order valence-electron chi connectivity index (χ3n) is 6.09. The van der Waals surface area contributed by atoms with Crippen molar-refractivity contribution in [2.45, 2.75) is 81.7 Å². The molecule has 1 heterocycles. The first-order valence-corrected chi connectivity index (χ1v) is 8.97. The van der Waals surface area contributed by atoms with E-state index in [4.69, 9.17) is 5.73 Å². The van der Waals surface area contributed by atoms with Crippen LogP contribution in [0.2, 0.25) is 0 Å². The molecule has 0 bridgehead atoms. The van der Waals surface area contributed by atoms with Crippen LogP contribution in [0.3, 0.4) is 0 Å². The number of rotatable bonds is 4. The minimum Gasteiger partial charge on any atom is -0.353 e. The number of carbonyl (C=O) groups excluding carboxylic acids is 1. The monoisotopic (exact) mass is 293 g/mol. The predicted molar refractivity (Wildman–Crippen MR) is 85.0 cm³/mol. The summed E-state index contributed by atoms with van der Waals surface area (Å²) in [4.78, 5) is 15.0. The Balaban J connectivity index is 1.63. The first kappa shape index (κ1) is 15.3. The second-order valence-electron chi connectivity index (χ2n) is 7.53. The predicted octanol–water partition coefficient (Wildman–Crippen LogP) is 2.17. The molecule has 120 valence electrons. The SMILES string of the molecule is NC1(C(=O)NCC2(N3CCCCC3)CCCCC2)CCC1. The highest BCUT2D eigenvalue weighted by Crippen LogP contribution is 2.36. The molecule has 2 aliphatic carbocycles. The van der Waals surface area contributed by atoms with Crippen molar-refractivity contribution < 1.29 is 4.79 Å². The Bertz CT molecular complexity index is 366. The molecule has 1 saturated heterocycles. The highest BCUT2D eigenvalue weighted by Gasteiger charge is 2.43. The van der Waals surface area contributed by atoms with Gasteiger partial charge in [0.2, 0.25) is 5.91 Å². The molecule has 3 rings (SSSR count). The zero-order chi connectivity index (χ0) is 14.8. The van der Waals surface area contributed by atoms with Crippen LogP contribution in [0.4, 0.5) is 0 Å². The Hall–Kier alpha value is -0.610. The number of nitrogens with zero attached hydrogens (tertiary/aromatic N) is 1. The van der Waals surface area contributed by atoms with E-state index in [0.29, 0.717) is 0 Å². The molecule has 0 atom stereocenters. The molecule has 3 N–H and O–H groups in total. The molecule has 1 aliphatic heterocycles. The molecule has 0 spiro atoms. The number of amides is 1. The fraction of sp³-hybridized carbons (Fsp3) is 0.941. The molecule has 4 nitrogen and oxygen atoms in total. The average Bonchev–Trinajstić information content (AvgIpc) is 2.52. The van der Waals surface area contributed by atoms with Gasteiger partial charge in [-0.25, -0.2) is 0 Å². The minimum atomic E-state index is -0.558. The molecule has 3 fully saturated rings. The lowest BCUT2D eigenvalue weighted by atomic mass is 9.76. The van der Waals surface area contributed by atoms with E-state index in [1.165, 1.54) is 64.5 Å². The number of hydrogen-bond acceptors (Lipinski definition) is 3. The maximum absolute atomic E-state index is 12.4. The Kier molecular flexibility index (Phi) is 4.55. The Morgan fingerprint density at radius 3 is 2.10 bits per heavy atom. The summed E-state index contributed by atoms with van der Waals surface area (Å²) in [6, 6.07) is 0. The van der Waals surface area contributed by atoms with Gasteiger partial charge in [-0.3, -0.25) is 9.69 Å². The normalized spacial score (nSPS) is 28.6. The first-order valence-electron chi connectivity index (χ1n) is 8.97. The number of nitrogens with one attached hydrogen (secondary N) is 1. The van der Waals surface area contributed by atoms with Crippen LogP contribution < -0.4 is 11.1 Å². The van der Waals surface area contributed by atoms with Crippen molar-refractivity contribution >= 4 is 5.91 Å². The second-order valence-corrected chi connectivity index (χ2v) is 7.53. The van der Waals surface area contributed by atoms with Gasteiger partial charge in [0.05, 0.1) is 5.54 Å². The van der Waals surface area contributed by atoms with Crippen molar-refractivity contribution in [3.8, 4) is 0 Å². The summed E-state index contributed by atoms with van der Waals surface area (Å²) in [5.41, 5.74) is 5.82. The zero-order valence-corrected chi connectivity index (χ0v) is 13.3.